The van der Waals surface area contributed by atoms with Crippen molar-refractivity contribution in [1.29, 1.82) is 0 Å². The highest BCUT2D eigenvalue weighted by Crippen LogP contribution is 2.40. The van der Waals surface area contributed by atoms with Gasteiger partial charge in [0.15, 0.2) is 11.8 Å². The molecule has 0 fully saturated rings. The summed E-state index contributed by atoms with van der Waals surface area (Å²) < 4.78 is 2.04. The normalized spacial score (nSPS) is 11.1. The quantitative estimate of drug-likeness (QED) is 0.0520. The van der Waals surface area contributed by atoms with Gasteiger partial charge in [0.1, 0.15) is 0 Å². The molecule has 0 saturated heterocycles. The van der Waals surface area contributed by atoms with E-state index in [-0.39, 0.29) is 12.8 Å². The molecule has 0 radical (unpaired) electrons. The van der Waals surface area contributed by atoms with Crippen LogP contribution in [0.4, 0.5) is 0 Å². The number of hydrogen-bond acceptors (Lipinski definition) is 6. The second-order valence-corrected chi connectivity index (χ2v) is 14.4. The van der Waals surface area contributed by atoms with Gasteiger partial charge in [0.2, 0.25) is 0 Å². The van der Waals surface area contributed by atoms with Gasteiger partial charge in [0.25, 0.3) is 0 Å². The van der Waals surface area contributed by atoms with Crippen LogP contribution in [0.5, 0.6) is 0 Å². The molecule has 3 aromatic rings. The molecule has 1 aromatic carbocycles. The monoisotopic (exact) mass is 694 g/mol. The van der Waals surface area contributed by atoms with Crippen LogP contribution in [0.3, 0.4) is 0 Å². The third-order valence-electron chi connectivity index (χ3n) is 8.37. The Balaban J connectivity index is 2.02. The highest BCUT2D eigenvalue weighted by Gasteiger charge is 2.26. The Bertz CT molecular complexity index is 1550. The number of carboxylic acids is 4. The Hall–Kier alpha value is -3.86. The van der Waals surface area contributed by atoms with E-state index in [1.165, 1.54) is 12.8 Å². The molecule has 48 heavy (non-hydrogen) atoms. The number of unbranched alkanes of at least 4 members (excludes halogenated alkanes) is 8. The van der Waals surface area contributed by atoms with Crippen LogP contribution < -0.4 is 0 Å². The molecule has 8 nitrogen and oxygen atoms in total. The van der Waals surface area contributed by atoms with E-state index in [4.69, 9.17) is 0 Å². The SMILES string of the molecule is CCCCCCC#Cc1c(CCCC(C(=O)O)C(=O)O)sc2cc3c(C#CCCCCCC)c(CCCC(C(=O)O)C(=O)O)sc3cc12. The lowest BCUT2D eigenvalue weighted by Gasteiger charge is -2.06. The number of fused-ring (bicyclic) bond motifs is 2. The molecular formula is C38H46O8S2. The lowest BCUT2D eigenvalue weighted by Crippen LogP contribution is -2.23. The standard InChI is InChI=1S/C38H46O8S2/c1-3-5-7-9-11-13-17-25-29-23-34-30(24-33(29)47-31(25)21-15-19-27(35(39)40)36(41)42)26(18-14-12-10-8-6-4-2)32(48-34)22-16-20-28(37(43)44)38(45)46/h23-24,27-28H,3-12,15-16,19-22H2,1-2H3,(H,39,40)(H,41,42)(H,43,44)(H,45,46). The first-order valence-corrected chi connectivity index (χ1v) is 18.6. The second kappa shape index (κ2) is 19.8. The maximum atomic E-state index is 11.4. The Kier molecular flexibility index (Phi) is 15.9. The number of rotatable bonds is 20. The summed E-state index contributed by atoms with van der Waals surface area (Å²) in [4.78, 5) is 47.8. The van der Waals surface area contributed by atoms with Gasteiger partial charge in [-0.15, -0.1) is 22.7 Å². The minimum atomic E-state index is -1.44. The average Bonchev–Trinajstić information content (AvgIpc) is 3.54. The minimum Gasteiger partial charge on any atom is -0.481 e. The van der Waals surface area contributed by atoms with Crippen molar-refractivity contribution < 1.29 is 39.6 Å². The molecule has 10 heteroatoms. The zero-order chi connectivity index (χ0) is 35.1. The smallest absolute Gasteiger partial charge is 0.317 e. The van der Waals surface area contributed by atoms with Crippen molar-refractivity contribution >= 4 is 66.7 Å². The van der Waals surface area contributed by atoms with Crippen LogP contribution in [0.15, 0.2) is 12.1 Å². The first kappa shape index (κ1) is 38.6. The van der Waals surface area contributed by atoms with Gasteiger partial charge >= 0.3 is 23.9 Å². The molecule has 4 N–H and O–H groups in total. The summed E-state index contributed by atoms with van der Waals surface area (Å²) in [6, 6.07) is 4.25. The van der Waals surface area contributed by atoms with E-state index in [1.807, 2.05) is 0 Å². The van der Waals surface area contributed by atoms with Crippen LogP contribution in [0.25, 0.3) is 20.2 Å². The van der Waals surface area contributed by atoms with Gasteiger partial charge in [0.05, 0.1) is 0 Å². The van der Waals surface area contributed by atoms with Crippen molar-refractivity contribution in [2.45, 2.75) is 117 Å². The summed E-state index contributed by atoms with van der Waals surface area (Å²) in [6.07, 6.45) is 12.3. The van der Waals surface area contributed by atoms with Crippen molar-refractivity contribution in [3.63, 3.8) is 0 Å². The average molecular weight is 695 g/mol. The molecule has 2 aromatic heterocycles. The number of benzene rings is 1. The highest BCUT2D eigenvalue weighted by atomic mass is 32.1. The summed E-state index contributed by atoms with van der Waals surface area (Å²) >= 11 is 3.18. The van der Waals surface area contributed by atoms with Crippen molar-refractivity contribution in [2.75, 3.05) is 0 Å². The number of hydrogen-bond donors (Lipinski definition) is 4. The lowest BCUT2D eigenvalue weighted by molar-refractivity contribution is -0.156. The van der Waals surface area contributed by atoms with Crippen LogP contribution >= 0.6 is 22.7 Å². The first-order chi connectivity index (χ1) is 23.1. The Morgan fingerprint density at radius 1 is 0.583 bits per heavy atom. The van der Waals surface area contributed by atoms with Crippen LogP contribution in [0.2, 0.25) is 0 Å². The fourth-order valence-electron chi connectivity index (χ4n) is 5.63. The van der Waals surface area contributed by atoms with E-state index in [9.17, 15) is 39.6 Å². The number of carbonyl (C=O) groups is 4. The van der Waals surface area contributed by atoms with Gasteiger partial charge in [-0.1, -0.05) is 76.1 Å². The predicted molar refractivity (Wildman–Crippen MR) is 192 cm³/mol. The summed E-state index contributed by atoms with van der Waals surface area (Å²) in [7, 11) is 0. The molecule has 0 aliphatic heterocycles. The third-order valence-corrected chi connectivity index (χ3v) is 10.8. The zero-order valence-corrected chi connectivity index (χ0v) is 29.5. The molecule has 0 unspecified atom stereocenters. The Morgan fingerprint density at radius 2 is 0.958 bits per heavy atom. The zero-order valence-electron chi connectivity index (χ0n) is 27.9. The topological polar surface area (TPSA) is 149 Å². The second-order valence-electron chi connectivity index (χ2n) is 12.1. The van der Waals surface area contributed by atoms with E-state index in [1.54, 1.807) is 22.7 Å². The molecule has 0 aliphatic carbocycles. The summed E-state index contributed by atoms with van der Waals surface area (Å²) in [5.74, 6) is 5.27. The molecule has 3 rings (SSSR count). The number of aryl methyl sites for hydroxylation is 2. The summed E-state index contributed by atoms with van der Waals surface area (Å²) in [5.41, 5.74) is 1.80. The minimum absolute atomic E-state index is 0.0316. The summed E-state index contributed by atoms with van der Waals surface area (Å²) in [6.45, 7) is 4.33. The maximum Gasteiger partial charge on any atom is 0.317 e. The number of carboxylic acid groups (broad SMARTS) is 4. The molecule has 258 valence electrons. The van der Waals surface area contributed by atoms with Crippen molar-refractivity contribution in [3.05, 3.63) is 33.0 Å². The van der Waals surface area contributed by atoms with Crippen molar-refractivity contribution in [3.8, 4) is 23.7 Å². The van der Waals surface area contributed by atoms with Crippen molar-refractivity contribution in [2.24, 2.45) is 11.8 Å². The first-order valence-electron chi connectivity index (χ1n) is 17.0. The van der Waals surface area contributed by atoms with Crippen molar-refractivity contribution in [1.82, 2.24) is 0 Å². The van der Waals surface area contributed by atoms with E-state index >= 15 is 0 Å². The maximum absolute atomic E-state index is 11.4. The molecule has 0 atom stereocenters. The molecule has 0 amide bonds. The van der Waals surface area contributed by atoms with Crippen LogP contribution in [0.1, 0.15) is 125 Å². The van der Waals surface area contributed by atoms with Gasteiger partial charge in [0, 0.05) is 53.9 Å². The Morgan fingerprint density at radius 3 is 1.29 bits per heavy atom. The lowest BCUT2D eigenvalue weighted by atomic mass is 9.99. The molecule has 2 heterocycles. The van der Waals surface area contributed by atoms with Gasteiger partial charge in [-0.3, -0.25) is 19.2 Å². The van der Waals surface area contributed by atoms with E-state index in [2.05, 4.69) is 49.7 Å². The van der Waals surface area contributed by atoms with Gasteiger partial charge in [-0.2, -0.15) is 0 Å². The summed E-state index contributed by atoms with van der Waals surface area (Å²) in [5, 5.41) is 39.3. The largest absolute Gasteiger partial charge is 0.481 e. The van der Waals surface area contributed by atoms with Crippen LogP contribution in [-0.2, 0) is 32.0 Å². The van der Waals surface area contributed by atoms with E-state index in [0.29, 0.717) is 25.7 Å². The van der Waals surface area contributed by atoms with Crippen LogP contribution in [0, 0.1) is 35.5 Å². The van der Waals surface area contributed by atoms with Gasteiger partial charge < -0.3 is 20.4 Å². The Labute approximate surface area is 290 Å². The van der Waals surface area contributed by atoms with E-state index < -0.39 is 35.7 Å². The van der Waals surface area contributed by atoms with Crippen LogP contribution in [-0.4, -0.2) is 44.3 Å². The van der Waals surface area contributed by atoms with Gasteiger partial charge in [-0.25, -0.2) is 0 Å². The predicted octanol–water partition coefficient (Wildman–Crippen LogP) is 8.98. The molecular weight excluding hydrogens is 649 g/mol. The number of aliphatic carboxylic acids is 4. The van der Waals surface area contributed by atoms with E-state index in [0.717, 1.165) is 92.4 Å². The highest BCUT2D eigenvalue weighted by molar-refractivity contribution is 7.21. The number of thiophene rings is 2. The third kappa shape index (κ3) is 11.1. The van der Waals surface area contributed by atoms with Gasteiger partial charge in [-0.05, 0) is 63.5 Å². The fourth-order valence-corrected chi connectivity index (χ4v) is 8.08. The fraction of sp³-hybridized carbons (Fsp3) is 0.526. The molecule has 0 spiro atoms. The molecule has 0 saturated carbocycles. The molecule has 0 bridgehead atoms. The molecule has 0 aliphatic rings.